The molecule has 0 bridgehead atoms. The summed E-state index contributed by atoms with van der Waals surface area (Å²) in [7, 11) is 0. The van der Waals surface area contributed by atoms with E-state index >= 15 is 0 Å². The predicted molar refractivity (Wildman–Crippen MR) is 275 cm³/mol. The highest BCUT2D eigenvalue weighted by Crippen LogP contribution is 2.50. The normalized spacial score (nSPS) is 14.7. The molecule has 0 saturated heterocycles. The van der Waals surface area contributed by atoms with Crippen LogP contribution in [0.4, 0.5) is 0 Å². The van der Waals surface area contributed by atoms with Crippen LogP contribution in [-0.2, 0) is 10.8 Å². The van der Waals surface area contributed by atoms with E-state index in [0.29, 0.717) is 0 Å². The lowest BCUT2D eigenvalue weighted by Crippen LogP contribution is -2.58. The maximum absolute atomic E-state index is 7.26. The molecule has 0 saturated carbocycles. The minimum absolute atomic E-state index is 0.0442. The van der Waals surface area contributed by atoms with Crippen molar-refractivity contribution in [1.82, 2.24) is 0 Å². The van der Waals surface area contributed by atoms with Crippen molar-refractivity contribution in [3.05, 3.63) is 145 Å². The third-order valence-electron chi connectivity index (χ3n) is 14.0. The molecule has 0 unspecified atom stereocenters. The Kier molecular flexibility index (Phi) is 7.91. The van der Waals surface area contributed by atoms with Gasteiger partial charge in [-0.25, -0.2) is 0 Å². The zero-order valence-corrected chi connectivity index (χ0v) is 39.6. The molecule has 0 fully saturated rings. The lowest BCUT2D eigenvalue weighted by atomic mass is 9.36. The van der Waals surface area contributed by atoms with E-state index in [-0.39, 0.29) is 24.3 Å². The highest BCUT2D eigenvalue weighted by atomic mass is 32.2. The zero-order valence-electron chi connectivity index (χ0n) is 36.3. The molecule has 0 N–H and O–H groups in total. The first kappa shape index (κ1) is 38.2. The molecule has 10 aromatic rings. The molecule has 0 atom stereocenters. The van der Waals surface area contributed by atoms with Crippen molar-refractivity contribution >= 4 is 137 Å². The number of para-hydroxylation sites is 1. The maximum atomic E-state index is 7.26. The lowest BCUT2D eigenvalue weighted by molar-refractivity contribution is 0.572. The Hall–Kier alpha value is -5.11. The molecule has 4 aliphatic rings. The fraction of sp³-hybridized carbons (Fsp3) is 0.143. The number of furan rings is 2. The molecule has 14 rings (SSSR count). The van der Waals surface area contributed by atoms with Gasteiger partial charge in [0.25, 0.3) is 0 Å². The Morgan fingerprint density at radius 1 is 0.422 bits per heavy atom. The van der Waals surface area contributed by atoms with Gasteiger partial charge in [-0.3, -0.25) is 0 Å². The van der Waals surface area contributed by atoms with Crippen molar-refractivity contribution in [3.63, 3.8) is 0 Å². The van der Waals surface area contributed by atoms with Crippen LogP contribution in [-0.4, -0.2) is 13.4 Å². The standard InChI is InChI=1S/C56H40B2O2S4/c1-55(2,3)30-25-32(51-33(26-30)48-40(59-51)28-45-49-54(48)63-43-21-12-9-18-37(43)57(49)35-16-7-10-19-41(35)61-45)29-22-23-44-38(24-29)58-36-17-8-11-20-42(36)62-46-27-39-47(53(64-44)50(46)58)31-14-13-15-34(52(31)60-39)56(4,5)6/h7-28H,1-6H3. The summed E-state index contributed by atoms with van der Waals surface area (Å²) >= 11 is 7.62. The first-order chi connectivity index (χ1) is 31.0. The van der Waals surface area contributed by atoms with Gasteiger partial charge in [-0.15, -0.1) is 0 Å². The number of rotatable bonds is 1. The molecule has 8 heteroatoms. The van der Waals surface area contributed by atoms with E-state index in [9.17, 15) is 0 Å². The van der Waals surface area contributed by atoms with Crippen LogP contribution in [0.3, 0.4) is 0 Å². The zero-order chi connectivity index (χ0) is 43.0. The van der Waals surface area contributed by atoms with Gasteiger partial charge < -0.3 is 8.83 Å². The molecule has 0 aliphatic carbocycles. The quantitative estimate of drug-likeness (QED) is 0.152. The SMILES string of the molecule is CC(C)(C)c1cc(-c2ccc3c(c2)B2c4ccccc4Sc4cc5oc6c(C(C)(C)C)cccc6c5c(c42)S3)c2oc3cc4c5c(c3c2c1)Sc1ccccc1B5c1ccccc1S4. The van der Waals surface area contributed by atoms with Crippen LogP contribution in [0.5, 0.6) is 0 Å². The van der Waals surface area contributed by atoms with Crippen LogP contribution >= 0.6 is 47.0 Å². The molecule has 0 spiro atoms. The summed E-state index contributed by atoms with van der Waals surface area (Å²) in [4.78, 5) is 10.5. The predicted octanol–water partition coefficient (Wildman–Crippen LogP) is 12.6. The fourth-order valence-corrected chi connectivity index (χ4v) is 16.1. The van der Waals surface area contributed by atoms with Gasteiger partial charge in [0, 0.05) is 71.8 Å². The summed E-state index contributed by atoms with van der Waals surface area (Å²) in [5, 5.41) is 4.88. The van der Waals surface area contributed by atoms with Crippen molar-refractivity contribution in [2.45, 2.75) is 91.5 Å². The molecule has 0 amide bonds. The lowest BCUT2D eigenvalue weighted by Gasteiger charge is -2.33. The number of benzene rings is 8. The molecule has 2 nitrogen and oxygen atoms in total. The third kappa shape index (κ3) is 5.31. The Morgan fingerprint density at radius 3 is 1.55 bits per heavy atom. The van der Waals surface area contributed by atoms with E-state index in [1.165, 1.54) is 110 Å². The monoisotopic (exact) mass is 894 g/mol. The third-order valence-corrected chi connectivity index (χ3v) is 18.7. The molecule has 8 aromatic carbocycles. The Labute approximate surface area is 390 Å². The largest absolute Gasteiger partial charge is 0.456 e. The second-order valence-corrected chi connectivity index (χ2v) is 24.2. The smallest absolute Gasteiger partial charge is 0.247 e. The van der Waals surface area contributed by atoms with Gasteiger partial charge in [-0.05, 0) is 81.4 Å². The van der Waals surface area contributed by atoms with Crippen LogP contribution in [0.1, 0.15) is 52.7 Å². The number of hydrogen-bond donors (Lipinski definition) is 0. The molecule has 4 aliphatic heterocycles. The van der Waals surface area contributed by atoms with Gasteiger partial charge in [0.1, 0.15) is 22.3 Å². The summed E-state index contributed by atoms with van der Waals surface area (Å²) in [6, 6.07) is 50.5. The molecular weight excluding hydrogens is 855 g/mol. The van der Waals surface area contributed by atoms with Crippen LogP contribution in [0.2, 0.25) is 0 Å². The van der Waals surface area contributed by atoms with E-state index in [1.54, 1.807) is 0 Å². The van der Waals surface area contributed by atoms with Crippen molar-refractivity contribution < 1.29 is 8.83 Å². The Bertz CT molecular complexity index is 3720. The van der Waals surface area contributed by atoms with Crippen molar-refractivity contribution in [2.75, 3.05) is 0 Å². The van der Waals surface area contributed by atoms with E-state index in [0.717, 1.165) is 27.9 Å². The van der Waals surface area contributed by atoms with Gasteiger partial charge in [0.05, 0.1) is 0 Å². The Morgan fingerprint density at radius 2 is 0.953 bits per heavy atom. The minimum Gasteiger partial charge on any atom is -0.456 e. The van der Waals surface area contributed by atoms with Gasteiger partial charge in [-0.2, -0.15) is 0 Å². The van der Waals surface area contributed by atoms with Gasteiger partial charge in [-0.1, -0.05) is 195 Å². The summed E-state index contributed by atoms with van der Waals surface area (Å²) in [5.41, 5.74) is 17.0. The Balaban J connectivity index is 1.01. The molecule has 0 radical (unpaired) electrons. The van der Waals surface area contributed by atoms with Crippen molar-refractivity contribution in [1.29, 1.82) is 0 Å². The number of hydrogen-bond acceptors (Lipinski definition) is 6. The van der Waals surface area contributed by atoms with Crippen molar-refractivity contribution in [2.24, 2.45) is 0 Å². The first-order valence-electron chi connectivity index (χ1n) is 22.2. The summed E-state index contributed by atoms with van der Waals surface area (Å²) < 4.78 is 14.1. The molecular formula is C56H40B2O2S4. The summed E-state index contributed by atoms with van der Waals surface area (Å²) in [5.74, 6) is 0. The second kappa shape index (κ2) is 13.3. The second-order valence-electron chi connectivity index (χ2n) is 19.9. The fourth-order valence-electron chi connectivity index (χ4n) is 11.0. The van der Waals surface area contributed by atoms with Gasteiger partial charge in [0.2, 0.25) is 13.4 Å². The highest BCUT2D eigenvalue weighted by Gasteiger charge is 2.42. The van der Waals surface area contributed by atoms with Crippen LogP contribution in [0, 0.1) is 0 Å². The van der Waals surface area contributed by atoms with Crippen LogP contribution in [0.15, 0.2) is 181 Å². The highest BCUT2D eigenvalue weighted by molar-refractivity contribution is 8.02. The summed E-state index contributed by atoms with van der Waals surface area (Å²) in [6.45, 7) is 14.1. The molecule has 2 aromatic heterocycles. The van der Waals surface area contributed by atoms with E-state index in [2.05, 4.69) is 175 Å². The minimum atomic E-state index is -0.0852. The summed E-state index contributed by atoms with van der Waals surface area (Å²) in [6.07, 6.45) is 0. The van der Waals surface area contributed by atoms with E-state index < -0.39 is 0 Å². The van der Waals surface area contributed by atoms with Crippen molar-refractivity contribution in [3.8, 4) is 11.1 Å². The maximum Gasteiger partial charge on any atom is 0.247 e. The van der Waals surface area contributed by atoms with Crippen LogP contribution in [0.25, 0.3) is 55.0 Å². The first-order valence-corrected chi connectivity index (χ1v) is 25.5. The van der Waals surface area contributed by atoms with E-state index in [4.69, 9.17) is 8.83 Å². The average Bonchev–Trinajstić information content (AvgIpc) is 3.86. The van der Waals surface area contributed by atoms with Gasteiger partial charge in [0.15, 0.2) is 0 Å². The van der Waals surface area contributed by atoms with Gasteiger partial charge >= 0.3 is 0 Å². The molecule has 306 valence electrons. The number of fused-ring (bicyclic) bond motifs is 16. The molecule has 6 heterocycles. The van der Waals surface area contributed by atoms with E-state index in [1.807, 2.05) is 47.0 Å². The van der Waals surface area contributed by atoms with Crippen LogP contribution < -0.4 is 32.8 Å². The average molecular weight is 895 g/mol. The topological polar surface area (TPSA) is 26.3 Å². The molecule has 64 heavy (non-hydrogen) atoms.